The van der Waals surface area contributed by atoms with Crippen molar-refractivity contribution in [3.05, 3.63) is 24.3 Å². The van der Waals surface area contributed by atoms with Crippen LogP contribution in [-0.2, 0) is 0 Å². The molecule has 0 aromatic carbocycles. The zero-order valence-corrected chi connectivity index (χ0v) is 5.15. The first-order valence-corrected chi connectivity index (χ1v) is 2.58. The molecule has 0 aliphatic rings. The van der Waals surface area contributed by atoms with Gasteiger partial charge in [0, 0.05) is 6.42 Å². The maximum Gasteiger partial charge on any atom is 0.000304 e. The highest BCUT2D eigenvalue weighted by Gasteiger charge is 1.70. The summed E-state index contributed by atoms with van der Waals surface area (Å²) in [7, 11) is 0. The summed E-state index contributed by atoms with van der Waals surface area (Å²) in [5, 5.41) is 6.64. The summed E-state index contributed by atoms with van der Waals surface area (Å²) in [4.78, 5) is 0. The van der Waals surface area contributed by atoms with Gasteiger partial charge in [-0.05, 0) is 13.1 Å². The molecule has 1 nitrogen and oxygen atoms in total. The van der Waals surface area contributed by atoms with Gasteiger partial charge in [-0.3, -0.25) is 0 Å². The quantitative estimate of drug-likeness (QED) is 0.424. The number of rotatable bonds is 3. The average Bonchev–Trinajstić information content (AvgIpc) is 1.66. The smallest absolute Gasteiger partial charge is 0.000304 e. The van der Waals surface area contributed by atoms with Gasteiger partial charge in [-0.1, -0.05) is 24.3 Å². The minimum absolute atomic E-state index is 0.715. The molecule has 0 aromatic heterocycles. The molecule has 1 N–H and O–H groups in total. The first kappa shape index (κ1) is 7.15. The fourth-order valence-electron chi connectivity index (χ4n) is 0.337. The Hall–Kier alpha value is -0.850. The van der Waals surface area contributed by atoms with Gasteiger partial charge in [0.05, 0.1) is 0 Å². The molecule has 44 valence electrons. The van der Waals surface area contributed by atoms with E-state index in [-0.39, 0.29) is 0 Å². The molecule has 0 amide bonds. The van der Waals surface area contributed by atoms with Crippen LogP contribution in [0.2, 0.25) is 0 Å². The molecule has 1 heteroatoms. The van der Waals surface area contributed by atoms with E-state index in [1.807, 2.05) is 19.1 Å². The van der Waals surface area contributed by atoms with Gasteiger partial charge >= 0.3 is 0 Å². The van der Waals surface area contributed by atoms with E-state index in [2.05, 4.69) is 6.58 Å². The minimum Gasteiger partial charge on any atom is -0.313 e. The topological polar surface area (TPSA) is 23.9 Å². The van der Waals surface area contributed by atoms with E-state index in [4.69, 9.17) is 5.41 Å². The van der Waals surface area contributed by atoms with Crippen molar-refractivity contribution in [3.8, 4) is 0 Å². The second kappa shape index (κ2) is 4.31. The van der Waals surface area contributed by atoms with E-state index >= 15 is 0 Å². The number of nitrogens with one attached hydrogen (secondary N) is 1. The Morgan fingerprint density at radius 3 is 2.75 bits per heavy atom. The van der Waals surface area contributed by atoms with Crippen LogP contribution in [0, 0.1) is 5.41 Å². The van der Waals surface area contributed by atoms with Gasteiger partial charge in [0.1, 0.15) is 0 Å². The van der Waals surface area contributed by atoms with E-state index in [0.29, 0.717) is 6.42 Å². The molecule has 0 bridgehead atoms. The fraction of sp³-hybridized carbons (Fsp3) is 0.286. The lowest BCUT2D eigenvalue weighted by atomic mass is 10.3. The summed E-state index contributed by atoms with van der Waals surface area (Å²) in [6.07, 6.45) is 5.90. The van der Waals surface area contributed by atoms with Crippen molar-refractivity contribution >= 4 is 6.21 Å². The van der Waals surface area contributed by atoms with Crippen molar-refractivity contribution < 1.29 is 0 Å². The third kappa shape index (κ3) is 5.15. The predicted molar refractivity (Wildman–Crippen MR) is 37.4 cm³/mol. The van der Waals surface area contributed by atoms with Crippen molar-refractivity contribution in [2.45, 2.75) is 13.3 Å². The molecule has 0 saturated heterocycles. The van der Waals surface area contributed by atoms with E-state index in [9.17, 15) is 0 Å². The lowest BCUT2D eigenvalue weighted by Gasteiger charge is -1.80. The summed E-state index contributed by atoms with van der Waals surface area (Å²) >= 11 is 0. The van der Waals surface area contributed by atoms with Crippen LogP contribution in [0.3, 0.4) is 0 Å². The predicted octanol–water partition coefficient (Wildman–Crippen LogP) is 2.16. The summed E-state index contributed by atoms with van der Waals surface area (Å²) in [6, 6.07) is 0. The molecule has 8 heavy (non-hydrogen) atoms. The maximum atomic E-state index is 6.64. The Bertz CT molecular complexity index is 112. The highest BCUT2D eigenvalue weighted by Crippen LogP contribution is 1.88. The lowest BCUT2D eigenvalue weighted by molar-refractivity contribution is 1.42. The Morgan fingerprint density at radius 1 is 1.75 bits per heavy atom. The molecule has 0 saturated carbocycles. The Balaban J connectivity index is 3.34. The third-order valence-electron chi connectivity index (χ3n) is 0.656. The van der Waals surface area contributed by atoms with Gasteiger partial charge in [0.2, 0.25) is 0 Å². The van der Waals surface area contributed by atoms with Crippen LogP contribution in [0.1, 0.15) is 13.3 Å². The summed E-state index contributed by atoms with van der Waals surface area (Å²) in [6.45, 7) is 5.60. The van der Waals surface area contributed by atoms with Gasteiger partial charge in [-0.2, -0.15) is 0 Å². The van der Waals surface area contributed by atoms with Gasteiger partial charge in [0.15, 0.2) is 0 Å². The zero-order valence-electron chi connectivity index (χ0n) is 5.15. The summed E-state index contributed by atoms with van der Waals surface area (Å²) in [5.74, 6) is 0. The highest BCUT2D eigenvalue weighted by atomic mass is 14.3. The van der Waals surface area contributed by atoms with E-state index in [1.54, 1.807) is 0 Å². The average molecular weight is 109 g/mol. The first-order valence-electron chi connectivity index (χ1n) is 2.58. The van der Waals surface area contributed by atoms with Gasteiger partial charge < -0.3 is 5.41 Å². The van der Waals surface area contributed by atoms with Crippen molar-refractivity contribution in [2.75, 3.05) is 0 Å². The normalized spacial score (nSPS) is 9.62. The molecule has 0 heterocycles. The van der Waals surface area contributed by atoms with Gasteiger partial charge in [0.25, 0.3) is 0 Å². The third-order valence-corrected chi connectivity index (χ3v) is 0.656. The van der Waals surface area contributed by atoms with Gasteiger partial charge in [-0.25, -0.2) is 0 Å². The van der Waals surface area contributed by atoms with Gasteiger partial charge in [-0.15, -0.1) is 0 Å². The number of allylic oxidation sites excluding steroid dienone is 3. The van der Waals surface area contributed by atoms with Crippen LogP contribution in [0.5, 0.6) is 0 Å². The Morgan fingerprint density at radius 2 is 2.38 bits per heavy atom. The molecule has 0 radical (unpaired) electrons. The van der Waals surface area contributed by atoms with Crippen molar-refractivity contribution in [1.29, 1.82) is 5.41 Å². The largest absolute Gasteiger partial charge is 0.313 e. The second-order valence-electron chi connectivity index (χ2n) is 1.69. The van der Waals surface area contributed by atoms with E-state index in [0.717, 1.165) is 5.57 Å². The molecule has 0 spiro atoms. The zero-order chi connectivity index (χ0) is 6.41. The molecular formula is C7H11N. The maximum absolute atomic E-state index is 6.64. The van der Waals surface area contributed by atoms with Crippen molar-refractivity contribution in [1.82, 2.24) is 0 Å². The molecular weight excluding hydrogens is 98.1 g/mol. The standard InChI is InChI=1S/C7H11N/c1-7(2)5-3-4-6-8/h3,5-6,8H,1,4H2,2H3/b5-3-,8-6?. The van der Waals surface area contributed by atoms with E-state index in [1.165, 1.54) is 6.21 Å². The molecule has 0 unspecified atom stereocenters. The number of hydrogen-bond acceptors (Lipinski definition) is 1. The molecule has 0 fully saturated rings. The summed E-state index contributed by atoms with van der Waals surface area (Å²) in [5.41, 5.74) is 1.03. The molecule has 0 aliphatic heterocycles. The SMILES string of the molecule is C=C(C)/C=C\CC=N. The molecule has 0 rings (SSSR count). The van der Waals surface area contributed by atoms with Crippen LogP contribution in [0.4, 0.5) is 0 Å². The molecule has 0 aromatic rings. The molecule has 0 aliphatic carbocycles. The van der Waals surface area contributed by atoms with Crippen LogP contribution < -0.4 is 0 Å². The van der Waals surface area contributed by atoms with E-state index < -0.39 is 0 Å². The molecule has 0 atom stereocenters. The van der Waals surface area contributed by atoms with Crippen LogP contribution in [0.15, 0.2) is 24.3 Å². The number of hydrogen-bond donors (Lipinski definition) is 1. The Kier molecular flexibility index (Phi) is 3.85. The second-order valence-corrected chi connectivity index (χ2v) is 1.69. The minimum atomic E-state index is 0.715. The fourth-order valence-corrected chi connectivity index (χ4v) is 0.337. The van der Waals surface area contributed by atoms with Crippen molar-refractivity contribution in [3.63, 3.8) is 0 Å². The van der Waals surface area contributed by atoms with Crippen LogP contribution in [-0.4, -0.2) is 6.21 Å². The van der Waals surface area contributed by atoms with Crippen molar-refractivity contribution in [2.24, 2.45) is 0 Å². The lowest BCUT2D eigenvalue weighted by Crippen LogP contribution is -1.65. The monoisotopic (exact) mass is 109 g/mol. The first-order chi connectivity index (χ1) is 3.77. The highest BCUT2D eigenvalue weighted by molar-refractivity contribution is 5.55. The Labute approximate surface area is 50.2 Å². The summed E-state index contributed by atoms with van der Waals surface area (Å²) < 4.78 is 0. The van der Waals surface area contributed by atoms with Crippen LogP contribution in [0.25, 0.3) is 0 Å². The van der Waals surface area contributed by atoms with Crippen LogP contribution >= 0.6 is 0 Å².